The van der Waals surface area contributed by atoms with E-state index in [2.05, 4.69) is 5.32 Å². The molecule has 178 valence electrons. The maximum Gasteiger partial charge on any atom is 0.307 e. The third-order valence-corrected chi connectivity index (χ3v) is 5.96. The zero-order valence-electron chi connectivity index (χ0n) is 18.6. The largest absolute Gasteiger partial charge is 0.481 e. The molecule has 0 spiro atoms. The van der Waals surface area contributed by atoms with Crippen molar-refractivity contribution in [1.29, 1.82) is 0 Å². The summed E-state index contributed by atoms with van der Waals surface area (Å²) in [4.78, 5) is 34.9. The van der Waals surface area contributed by atoms with Crippen molar-refractivity contribution in [2.75, 3.05) is 0 Å². The molecule has 1 heterocycles. The van der Waals surface area contributed by atoms with Crippen LogP contribution in [-0.2, 0) is 20.8 Å². The zero-order chi connectivity index (χ0) is 24.7. The first-order valence-electron chi connectivity index (χ1n) is 10.8. The number of amides is 1. The van der Waals surface area contributed by atoms with Crippen molar-refractivity contribution in [3.8, 4) is 11.3 Å². The topological polar surface area (TPSA) is 117 Å². The lowest BCUT2D eigenvalue weighted by Gasteiger charge is -2.26. The van der Waals surface area contributed by atoms with Crippen LogP contribution >= 0.6 is 11.6 Å². The number of nitrogens with one attached hydrogen (secondary N) is 1. The Morgan fingerprint density at radius 1 is 0.971 bits per heavy atom. The second-order valence-corrected chi connectivity index (χ2v) is 8.67. The van der Waals surface area contributed by atoms with Crippen LogP contribution in [0.25, 0.3) is 11.3 Å². The molecule has 8 heteroatoms. The Morgan fingerprint density at radius 3 is 2.21 bits per heavy atom. The zero-order valence-corrected chi connectivity index (χ0v) is 19.4. The van der Waals surface area contributed by atoms with Crippen LogP contribution in [0.2, 0.25) is 5.02 Å². The summed E-state index contributed by atoms with van der Waals surface area (Å²) in [5.41, 5.74) is 2.94. The summed E-state index contributed by atoms with van der Waals surface area (Å²) in [6.45, 7) is 1.85. The summed E-state index contributed by atoms with van der Waals surface area (Å²) in [7, 11) is 0. The molecule has 0 aliphatic heterocycles. The number of hydrogen-bond acceptors (Lipinski definition) is 4. The van der Waals surface area contributed by atoms with E-state index >= 15 is 0 Å². The molecule has 0 radical (unpaired) electrons. The highest BCUT2D eigenvalue weighted by Gasteiger charge is 2.27. The SMILES string of the molecule is CC(NC(=O)CC(CC(=O)O)C(=O)O)C(Cc1ccc(Cl)cc1)c1ccc(-c2ccco2)cc1. The quantitative estimate of drug-likeness (QED) is 0.353. The fourth-order valence-electron chi connectivity index (χ4n) is 3.89. The average molecular weight is 484 g/mol. The Hall–Kier alpha value is -3.58. The molecule has 1 aromatic heterocycles. The van der Waals surface area contributed by atoms with E-state index in [1.54, 1.807) is 18.4 Å². The Balaban J connectivity index is 1.79. The molecule has 0 fully saturated rings. The van der Waals surface area contributed by atoms with E-state index in [0.29, 0.717) is 11.4 Å². The van der Waals surface area contributed by atoms with Crippen LogP contribution in [0, 0.1) is 5.92 Å². The molecule has 2 aromatic carbocycles. The Labute approximate surface area is 202 Å². The predicted octanol–water partition coefficient (Wildman–Crippen LogP) is 5.00. The summed E-state index contributed by atoms with van der Waals surface area (Å²) < 4.78 is 5.45. The van der Waals surface area contributed by atoms with Crippen molar-refractivity contribution in [2.45, 2.75) is 38.1 Å². The van der Waals surface area contributed by atoms with Crippen LogP contribution in [0.4, 0.5) is 0 Å². The van der Waals surface area contributed by atoms with Gasteiger partial charge < -0.3 is 19.9 Å². The van der Waals surface area contributed by atoms with Gasteiger partial charge in [-0.1, -0.05) is 48.0 Å². The van der Waals surface area contributed by atoms with Crippen LogP contribution in [0.1, 0.15) is 36.8 Å². The van der Waals surface area contributed by atoms with E-state index in [-0.39, 0.29) is 12.0 Å². The fraction of sp³-hybridized carbons (Fsp3) is 0.269. The standard InChI is InChI=1S/C26H26ClNO6/c1-16(28-24(29)14-20(26(32)33)15-25(30)31)22(13-17-4-10-21(27)11-5-17)18-6-8-19(9-7-18)23-3-2-12-34-23/h2-12,16,20,22H,13-15H2,1H3,(H,28,29)(H,30,31)(H,32,33). The minimum absolute atomic E-state index is 0.126. The monoisotopic (exact) mass is 483 g/mol. The second-order valence-electron chi connectivity index (χ2n) is 8.23. The Morgan fingerprint density at radius 2 is 1.65 bits per heavy atom. The molecular weight excluding hydrogens is 458 g/mol. The molecule has 3 aromatic rings. The van der Waals surface area contributed by atoms with Gasteiger partial charge in [0, 0.05) is 29.0 Å². The molecular formula is C26H26ClNO6. The van der Waals surface area contributed by atoms with Gasteiger partial charge in [-0.25, -0.2) is 0 Å². The number of carbonyl (C=O) groups is 3. The summed E-state index contributed by atoms with van der Waals surface area (Å²) in [6.07, 6.45) is 1.20. The molecule has 0 saturated carbocycles. The Kier molecular flexibility index (Phi) is 8.49. The van der Waals surface area contributed by atoms with Gasteiger partial charge in [0.05, 0.1) is 18.6 Å². The van der Waals surface area contributed by atoms with Crippen LogP contribution in [0.15, 0.2) is 71.3 Å². The van der Waals surface area contributed by atoms with Crippen LogP contribution in [-0.4, -0.2) is 34.1 Å². The number of halogens is 1. The summed E-state index contributed by atoms with van der Waals surface area (Å²) in [6, 6.07) is 18.7. The summed E-state index contributed by atoms with van der Waals surface area (Å²) in [5, 5.41) is 21.7. The van der Waals surface area contributed by atoms with Gasteiger partial charge in [0.2, 0.25) is 5.91 Å². The maximum atomic E-state index is 12.6. The molecule has 0 bridgehead atoms. The van der Waals surface area contributed by atoms with Crippen molar-refractivity contribution in [2.24, 2.45) is 5.92 Å². The molecule has 3 rings (SSSR count). The molecule has 3 N–H and O–H groups in total. The number of rotatable bonds is 11. The van der Waals surface area contributed by atoms with Gasteiger partial charge in [-0.3, -0.25) is 14.4 Å². The van der Waals surface area contributed by atoms with Crippen LogP contribution < -0.4 is 5.32 Å². The number of furan rings is 1. The lowest BCUT2D eigenvalue weighted by atomic mass is 9.86. The number of carbonyl (C=O) groups excluding carboxylic acids is 1. The second kappa shape index (κ2) is 11.5. The molecule has 3 unspecified atom stereocenters. The van der Waals surface area contributed by atoms with Gasteiger partial charge >= 0.3 is 11.9 Å². The molecule has 1 amide bonds. The predicted molar refractivity (Wildman–Crippen MR) is 128 cm³/mol. The van der Waals surface area contributed by atoms with Gasteiger partial charge in [-0.2, -0.15) is 0 Å². The smallest absolute Gasteiger partial charge is 0.307 e. The first kappa shape index (κ1) is 25.1. The fourth-order valence-corrected chi connectivity index (χ4v) is 4.02. The number of carboxylic acids is 2. The van der Waals surface area contributed by atoms with E-state index in [1.807, 2.05) is 55.5 Å². The highest BCUT2D eigenvalue weighted by molar-refractivity contribution is 6.30. The van der Waals surface area contributed by atoms with Crippen molar-refractivity contribution >= 4 is 29.4 Å². The first-order chi connectivity index (χ1) is 16.2. The van der Waals surface area contributed by atoms with E-state index in [4.69, 9.17) is 21.1 Å². The average Bonchev–Trinajstić information content (AvgIpc) is 3.33. The molecule has 0 aliphatic carbocycles. The van der Waals surface area contributed by atoms with Gasteiger partial charge in [0.1, 0.15) is 5.76 Å². The van der Waals surface area contributed by atoms with E-state index in [9.17, 15) is 19.5 Å². The van der Waals surface area contributed by atoms with Gasteiger partial charge in [-0.05, 0) is 48.7 Å². The van der Waals surface area contributed by atoms with Crippen LogP contribution in [0.5, 0.6) is 0 Å². The molecule has 34 heavy (non-hydrogen) atoms. The Bertz CT molecular complexity index is 1110. The number of hydrogen-bond donors (Lipinski definition) is 3. The highest BCUT2D eigenvalue weighted by atomic mass is 35.5. The first-order valence-corrected chi connectivity index (χ1v) is 11.2. The van der Waals surface area contributed by atoms with E-state index < -0.39 is 36.6 Å². The highest BCUT2D eigenvalue weighted by Crippen LogP contribution is 2.28. The summed E-state index contributed by atoms with van der Waals surface area (Å²) >= 11 is 6.02. The maximum absolute atomic E-state index is 12.6. The van der Waals surface area contributed by atoms with Crippen molar-refractivity contribution in [1.82, 2.24) is 5.32 Å². The molecule has 7 nitrogen and oxygen atoms in total. The van der Waals surface area contributed by atoms with Crippen molar-refractivity contribution in [3.05, 3.63) is 83.1 Å². The van der Waals surface area contributed by atoms with E-state index in [0.717, 1.165) is 22.5 Å². The number of benzene rings is 2. The normalized spacial score (nSPS) is 13.6. The number of carboxylic acid groups (broad SMARTS) is 2. The lowest BCUT2D eigenvalue weighted by Crippen LogP contribution is -2.39. The van der Waals surface area contributed by atoms with Crippen molar-refractivity contribution < 1.29 is 29.0 Å². The minimum Gasteiger partial charge on any atom is -0.481 e. The van der Waals surface area contributed by atoms with Gasteiger partial charge in [0.25, 0.3) is 0 Å². The summed E-state index contributed by atoms with van der Waals surface area (Å²) in [5.74, 6) is -3.73. The van der Waals surface area contributed by atoms with Gasteiger partial charge in [-0.15, -0.1) is 0 Å². The third-order valence-electron chi connectivity index (χ3n) is 5.71. The molecule has 3 atom stereocenters. The van der Waals surface area contributed by atoms with E-state index in [1.165, 1.54) is 0 Å². The molecule has 0 saturated heterocycles. The van der Waals surface area contributed by atoms with Gasteiger partial charge in [0.15, 0.2) is 0 Å². The molecule has 0 aliphatic rings. The minimum atomic E-state index is -1.31. The third kappa shape index (κ3) is 6.96. The lowest BCUT2D eigenvalue weighted by molar-refractivity contribution is -0.149. The van der Waals surface area contributed by atoms with Crippen molar-refractivity contribution in [3.63, 3.8) is 0 Å². The van der Waals surface area contributed by atoms with Crippen LogP contribution in [0.3, 0.4) is 0 Å². The number of aliphatic carboxylic acids is 2.